The van der Waals surface area contributed by atoms with Crippen molar-refractivity contribution < 1.29 is 4.79 Å². The lowest BCUT2D eigenvalue weighted by molar-refractivity contribution is -0.116. The first-order chi connectivity index (χ1) is 12.6. The van der Waals surface area contributed by atoms with Gasteiger partial charge >= 0.3 is 0 Å². The maximum Gasteiger partial charge on any atom is 0.266 e. The van der Waals surface area contributed by atoms with E-state index in [9.17, 15) is 9.59 Å². The zero-order valence-electron chi connectivity index (χ0n) is 13.6. The van der Waals surface area contributed by atoms with Crippen molar-refractivity contribution in [1.29, 1.82) is 0 Å². The van der Waals surface area contributed by atoms with Gasteiger partial charge in [-0.2, -0.15) is 5.10 Å². The second-order valence-corrected chi connectivity index (χ2v) is 5.65. The fraction of sp³-hybridized carbons (Fsp3) is 0.118. The van der Waals surface area contributed by atoms with Crippen LogP contribution in [0.4, 0.5) is 0 Å². The van der Waals surface area contributed by atoms with Gasteiger partial charge in [-0.15, -0.1) is 5.10 Å². The smallest absolute Gasteiger partial charge is 0.266 e. The minimum atomic E-state index is -0.287. The van der Waals surface area contributed by atoms with Crippen LogP contribution in [0.5, 0.6) is 0 Å². The third-order valence-electron chi connectivity index (χ3n) is 3.45. The first-order valence-electron chi connectivity index (χ1n) is 7.77. The maximum absolute atomic E-state index is 11.9. The highest BCUT2D eigenvalue weighted by molar-refractivity contribution is 6.32. The Kier molecular flexibility index (Phi) is 5.55. The average molecular weight is 371 g/mol. The molecule has 0 atom stereocenters. The number of hydrogen-bond acceptors (Lipinski definition) is 5. The number of halogens is 1. The van der Waals surface area contributed by atoms with Crippen LogP contribution in [0.1, 0.15) is 5.56 Å². The summed E-state index contributed by atoms with van der Waals surface area (Å²) in [6, 6.07) is 10.2. The number of aromatic nitrogens is 5. The van der Waals surface area contributed by atoms with Crippen molar-refractivity contribution in [3.8, 4) is 5.82 Å². The fourth-order valence-electron chi connectivity index (χ4n) is 2.17. The minimum absolute atomic E-state index is 0.229. The van der Waals surface area contributed by atoms with Gasteiger partial charge in [-0.25, -0.2) is 14.3 Å². The third-order valence-corrected chi connectivity index (χ3v) is 3.79. The Hall–Kier alpha value is -3.26. The summed E-state index contributed by atoms with van der Waals surface area (Å²) in [7, 11) is 0. The first-order valence-corrected chi connectivity index (χ1v) is 8.15. The van der Waals surface area contributed by atoms with E-state index in [1.165, 1.54) is 34.2 Å². The lowest BCUT2D eigenvalue weighted by Crippen LogP contribution is -2.31. The van der Waals surface area contributed by atoms with Gasteiger partial charge in [0.15, 0.2) is 5.82 Å². The number of rotatable bonds is 6. The zero-order chi connectivity index (χ0) is 18.4. The highest BCUT2D eigenvalue weighted by Gasteiger charge is 2.04. The molecule has 9 heteroatoms. The number of carbonyl (C=O) groups is 1. The van der Waals surface area contributed by atoms with Crippen LogP contribution in [0.3, 0.4) is 0 Å². The van der Waals surface area contributed by atoms with Gasteiger partial charge in [0.1, 0.15) is 12.7 Å². The molecule has 1 amide bonds. The molecule has 0 saturated carbocycles. The largest absolute Gasteiger partial charge is 0.351 e. The van der Waals surface area contributed by atoms with Gasteiger partial charge < -0.3 is 5.32 Å². The van der Waals surface area contributed by atoms with E-state index in [0.29, 0.717) is 10.8 Å². The van der Waals surface area contributed by atoms with Crippen LogP contribution in [0.25, 0.3) is 11.9 Å². The molecule has 1 aromatic carbocycles. The minimum Gasteiger partial charge on any atom is -0.351 e. The number of nitrogens with zero attached hydrogens (tertiary/aromatic N) is 5. The fourth-order valence-corrected chi connectivity index (χ4v) is 2.37. The summed E-state index contributed by atoms with van der Waals surface area (Å²) in [5, 5.41) is 11.4. The van der Waals surface area contributed by atoms with Crippen molar-refractivity contribution in [2.24, 2.45) is 0 Å². The van der Waals surface area contributed by atoms with E-state index in [0.717, 1.165) is 5.56 Å². The number of nitrogens with one attached hydrogen (secondary N) is 1. The molecule has 2 aromatic heterocycles. The van der Waals surface area contributed by atoms with Gasteiger partial charge in [-0.05, 0) is 23.8 Å². The molecule has 0 aliphatic rings. The quantitative estimate of drug-likeness (QED) is 0.660. The highest BCUT2D eigenvalue weighted by Crippen LogP contribution is 2.15. The van der Waals surface area contributed by atoms with E-state index < -0.39 is 0 Å². The Morgan fingerprint density at radius 1 is 1.23 bits per heavy atom. The lowest BCUT2D eigenvalue weighted by atomic mass is 10.2. The SMILES string of the molecule is O=C(/C=C/c1ccccc1Cl)NCCn1nc(-n2cncn2)ccc1=O. The average Bonchev–Trinajstić information content (AvgIpc) is 3.17. The van der Waals surface area contributed by atoms with Crippen LogP contribution >= 0.6 is 11.6 Å². The van der Waals surface area contributed by atoms with Gasteiger partial charge in [0.05, 0.1) is 6.54 Å². The van der Waals surface area contributed by atoms with E-state index >= 15 is 0 Å². The summed E-state index contributed by atoms with van der Waals surface area (Å²) in [6.45, 7) is 0.479. The maximum atomic E-state index is 11.9. The number of hydrogen-bond donors (Lipinski definition) is 1. The van der Waals surface area contributed by atoms with Gasteiger partial charge in [0, 0.05) is 23.7 Å². The highest BCUT2D eigenvalue weighted by atomic mass is 35.5. The van der Waals surface area contributed by atoms with E-state index in [1.807, 2.05) is 18.2 Å². The molecule has 0 bridgehead atoms. The van der Waals surface area contributed by atoms with Crippen LogP contribution in [-0.2, 0) is 11.3 Å². The van der Waals surface area contributed by atoms with Crippen molar-refractivity contribution >= 4 is 23.6 Å². The van der Waals surface area contributed by atoms with Crippen LogP contribution in [0.15, 0.2) is 59.9 Å². The topological polar surface area (TPSA) is 94.7 Å². The Morgan fingerprint density at radius 3 is 2.85 bits per heavy atom. The van der Waals surface area contributed by atoms with Crippen LogP contribution in [0.2, 0.25) is 5.02 Å². The summed E-state index contributed by atoms with van der Waals surface area (Å²) < 4.78 is 2.70. The molecule has 0 unspecified atom stereocenters. The summed E-state index contributed by atoms with van der Waals surface area (Å²) in [6.07, 6.45) is 5.89. The second-order valence-electron chi connectivity index (χ2n) is 5.24. The summed E-state index contributed by atoms with van der Waals surface area (Å²) in [5.74, 6) is 0.178. The van der Waals surface area contributed by atoms with E-state index in [2.05, 4.69) is 20.5 Å². The Morgan fingerprint density at radius 2 is 2.08 bits per heavy atom. The molecule has 1 N–H and O–H groups in total. The number of carbonyl (C=O) groups excluding carboxylic acids is 1. The third kappa shape index (κ3) is 4.42. The molecular weight excluding hydrogens is 356 g/mol. The summed E-state index contributed by atoms with van der Waals surface area (Å²) in [4.78, 5) is 27.6. The molecule has 0 spiro atoms. The number of benzene rings is 1. The molecule has 132 valence electrons. The molecule has 0 saturated heterocycles. The summed E-state index contributed by atoms with van der Waals surface area (Å²) in [5.41, 5.74) is 0.484. The molecule has 0 aliphatic heterocycles. The summed E-state index contributed by atoms with van der Waals surface area (Å²) >= 11 is 6.03. The van der Waals surface area contributed by atoms with Gasteiger partial charge in [-0.1, -0.05) is 29.8 Å². The van der Waals surface area contributed by atoms with Crippen LogP contribution < -0.4 is 10.9 Å². The van der Waals surface area contributed by atoms with E-state index in [4.69, 9.17) is 11.6 Å². The predicted molar refractivity (Wildman–Crippen MR) is 96.9 cm³/mol. The van der Waals surface area contributed by atoms with Crippen molar-refractivity contribution in [3.63, 3.8) is 0 Å². The molecule has 26 heavy (non-hydrogen) atoms. The lowest BCUT2D eigenvalue weighted by Gasteiger charge is -2.07. The second kappa shape index (κ2) is 8.21. The van der Waals surface area contributed by atoms with Crippen molar-refractivity contribution in [2.45, 2.75) is 6.54 Å². The van der Waals surface area contributed by atoms with Gasteiger partial charge in [0.25, 0.3) is 5.56 Å². The predicted octanol–water partition coefficient (Wildman–Crippen LogP) is 1.31. The normalized spacial score (nSPS) is 11.0. The Bertz CT molecular complexity index is 981. The Labute approximate surface area is 153 Å². The number of amides is 1. The molecule has 0 radical (unpaired) electrons. The van der Waals surface area contributed by atoms with Crippen molar-refractivity contribution in [3.05, 3.63) is 76.1 Å². The standard InChI is InChI=1S/C17H15ClN6O2/c18-14-4-2-1-3-13(14)5-7-16(25)20-9-10-23-17(26)8-6-15(22-23)24-12-19-11-21-24/h1-8,11-12H,9-10H2,(H,20,25)/b7-5+. The molecule has 3 rings (SSSR count). The molecule has 3 aromatic rings. The zero-order valence-corrected chi connectivity index (χ0v) is 14.4. The molecule has 0 aliphatic carbocycles. The van der Waals surface area contributed by atoms with Gasteiger partial charge in [0.2, 0.25) is 5.91 Å². The monoisotopic (exact) mass is 370 g/mol. The molecule has 8 nitrogen and oxygen atoms in total. The Balaban J connectivity index is 1.58. The van der Waals surface area contributed by atoms with Gasteiger partial charge in [-0.3, -0.25) is 9.59 Å². The van der Waals surface area contributed by atoms with Crippen LogP contribution in [-0.4, -0.2) is 37.0 Å². The van der Waals surface area contributed by atoms with E-state index in [-0.39, 0.29) is 24.6 Å². The molecular formula is C17H15ClN6O2. The molecule has 0 fully saturated rings. The van der Waals surface area contributed by atoms with Crippen LogP contribution in [0, 0.1) is 0 Å². The van der Waals surface area contributed by atoms with Crippen molar-refractivity contribution in [1.82, 2.24) is 29.9 Å². The van der Waals surface area contributed by atoms with Crippen molar-refractivity contribution in [2.75, 3.05) is 6.54 Å². The van der Waals surface area contributed by atoms with E-state index in [1.54, 1.807) is 18.2 Å². The first kappa shape index (κ1) is 17.6. The molecule has 2 heterocycles.